The van der Waals surface area contributed by atoms with E-state index in [0.29, 0.717) is 5.91 Å². The second-order valence-corrected chi connectivity index (χ2v) is 8.03. The summed E-state index contributed by atoms with van der Waals surface area (Å²) >= 11 is 0. The topological polar surface area (TPSA) is 60.9 Å². The number of hydrogen-bond donors (Lipinski definition) is 1. The van der Waals surface area contributed by atoms with E-state index in [4.69, 9.17) is 5.11 Å². The summed E-state index contributed by atoms with van der Waals surface area (Å²) in [7, 11) is 0. The average molecular weight is 356 g/mol. The lowest BCUT2D eigenvalue weighted by Gasteiger charge is -2.31. The van der Waals surface area contributed by atoms with Crippen LogP contribution in [0.4, 0.5) is 5.69 Å². The van der Waals surface area contributed by atoms with Gasteiger partial charge in [-0.2, -0.15) is 0 Å². The van der Waals surface area contributed by atoms with Gasteiger partial charge >= 0.3 is 5.97 Å². The molecule has 0 bridgehead atoms. The molecule has 5 nitrogen and oxygen atoms in total. The number of carbonyl (C=O) groups is 2. The lowest BCUT2D eigenvalue weighted by Crippen LogP contribution is -2.37. The van der Waals surface area contributed by atoms with E-state index >= 15 is 0 Å². The zero-order valence-corrected chi connectivity index (χ0v) is 15.3. The standard InChI is InChI=1S/C21H28N2O3/c24-20(16-4-5-16)23-10-1-2-18-14-15(3-6-19(18)23)7-11-22-12-8-17(9-13-22)21(25)26/h3,6,14,16-17H,1-2,4-5,7-13H2,(H,25,26). The Kier molecular flexibility index (Phi) is 4.98. The molecule has 1 aliphatic carbocycles. The van der Waals surface area contributed by atoms with Crippen LogP contribution in [0.2, 0.25) is 0 Å². The molecular formula is C21H28N2O3. The van der Waals surface area contributed by atoms with E-state index in [-0.39, 0.29) is 11.8 Å². The highest BCUT2D eigenvalue weighted by Gasteiger charge is 2.35. The second kappa shape index (κ2) is 7.39. The molecule has 1 N–H and O–H groups in total. The number of likely N-dealkylation sites (tertiary alicyclic amines) is 1. The van der Waals surface area contributed by atoms with Crippen molar-refractivity contribution in [1.29, 1.82) is 0 Å². The first-order chi connectivity index (χ1) is 12.6. The summed E-state index contributed by atoms with van der Waals surface area (Å²) in [6.07, 6.45) is 6.74. The number of rotatable bonds is 5. The SMILES string of the molecule is O=C(O)C1CCN(CCc2ccc3c(c2)CCCN3C(=O)C2CC2)CC1. The Balaban J connectivity index is 1.35. The molecule has 1 amide bonds. The third-order valence-electron chi connectivity index (χ3n) is 6.11. The highest BCUT2D eigenvalue weighted by atomic mass is 16.4. The quantitative estimate of drug-likeness (QED) is 0.881. The normalized spacial score (nSPS) is 21.5. The maximum Gasteiger partial charge on any atom is 0.306 e. The van der Waals surface area contributed by atoms with Gasteiger partial charge in [0.25, 0.3) is 0 Å². The van der Waals surface area contributed by atoms with Crippen LogP contribution in [0.15, 0.2) is 18.2 Å². The van der Waals surface area contributed by atoms with Crippen molar-refractivity contribution >= 4 is 17.6 Å². The molecule has 140 valence electrons. The number of piperidine rings is 1. The van der Waals surface area contributed by atoms with Crippen LogP contribution in [0, 0.1) is 11.8 Å². The van der Waals surface area contributed by atoms with Crippen molar-refractivity contribution in [2.75, 3.05) is 31.1 Å². The summed E-state index contributed by atoms with van der Waals surface area (Å²) < 4.78 is 0. The van der Waals surface area contributed by atoms with Crippen LogP contribution in [-0.2, 0) is 22.4 Å². The van der Waals surface area contributed by atoms with Gasteiger partial charge in [0.05, 0.1) is 5.92 Å². The Morgan fingerprint density at radius 1 is 1.04 bits per heavy atom. The average Bonchev–Trinajstić information content (AvgIpc) is 3.50. The van der Waals surface area contributed by atoms with E-state index in [2.05, 4.69) is 23.1 Å². The third kappa shape index (κ3) is 3.78. The van der Waals surface area contributed by atoms with Crippen molar-refractivity contribution in [3.63, 3.8) is 0 Å². The summed E-state index contributed by atoms with van der Waals surface area (Å²) in [5.74, 6) is -0.219. The minimum absolute atomic E-state index is 0.162. The molecule has 2 aliphatic heterocycles. The Hall–Kier alpha value is -1.88. The summed E-state index contributed by atoms with van der Waals surface area (Å²) in [5, 5.41) is 9.10. The number of nitrogens with zero attached hydrogens (tertiary/aromatic N) is 2. The Morgan fingerprint density at radius 2 is 1.81 bits per heavy atom. The van der Waals surface area contributed by atoms with Gasteiger partial charge in [-0.15, -0.1) is 0 Å². The molecule has 1 aromatic carbocycles. The predicted molar refractivity (Wildman–Crippen MR) is 100 cm³/mol. The number of amides is 1. The number of carboxylic acids is 1. The molecule has 0 aromatic heterocycles. The molecule has 2 heterocycles. The van der Waals surface area contributed by atoms with Gasteiger partial charge in [0.15, 0.2) is 0 Å². The molecule has 1 saturated carbocycles. The zero-order valence-electron chi connectivity index (χ0n) is 15.3. The first kappa shape index (κ1) is 17.5. The first-order valence-corrected chi connectivity index (χ1v) is 10.00. The lowest BCUT2D eigenvalue weighted by atomic mass is 9.96. The largest absolute Gasteiger partial charge is 0.481 e. The van der Waals surface area contributed by atoms with E-state index in [1.165, 1.54) is 11.1 Å². The number of carboxylic acid groups (broad SMARTS) is 1. The number of anilines is 1. The van der Waals surface area contributed by atoms with E-state index in [1.807, 2.05) is 4.90 Å². The molecular weight excluding hydrogens is 328 g/mol. The minimum atomic E-state index is -0.648. The Bertz CT molecular complexity index is 690. The molecule has 26 heavy (non-hydrogen) atoms. The van der Waals surface area contributed by atoms with Crippen LogP contribution in [0.1, 0.15) is 43.2 Å². The Labute approximate surface area is 155 Å². The molecule has 0 radical (unpaired) electrons. The number of hydrogen-bond acceptors (Lipinski definition) is 3. The fourth-order valence-corrected chi connectivity index (χ4v) is 4.28. The fraction of sp³-hybridized carbons (Fsp3) is 0.619. The molecule has 4 rings (SSSR count). The van der Waals surface area contributed by atoms with Crippen LogP contribution in [0.25, 0.3) is 0 Å². The van der Waals surface area contributed by atoms with Gasteiger partial charge in [-0.3, -0.25) is 9.59 Å². The summed E-state index contributed by atoms with van der Waals surface area (Å²) in [5.41, 5.74) is 3.76. The molecule has 2 fully saturated rings. The highest BCUT2D eigenvalue weighted by molar-refractivity contribution is 5.97. The maximum atomic E-state index is 12.5. The lowest BCUT2D eigenvalue weighted by molar-refractivity contribution is -0.143. The molecule has 0 spiro atoms. The van der Waals surface area contributed by atoms with Gasteiger partial charge in [-0.05, 0) is 75.2 Å². The maximum absolute atomic E-state index is 12.5. The van der Waals surface area contributed by atoms with Crippen LogP contribution in [0.3, 0.4) is 0 Å². The van der Waals surface area contributed by atoms with Gasteiger partial charge < -0.3 is 14.9 Å². The monoisotopic (exact) mass is 356 g/mol. The van der Waals surface area contributed by atoms with Gasteiger partial charge in [-0.25, -0.2) is 0 Å². The van der Waals surface area contributed by atoms with Gasteiger partial charge in [0.1, 0.15) is 0 Å². The minimum Gasteiger partial charge on any atom is -0.481 e. The van der Waals surface area contributed by atoms with Crippen molar-refractivity contribution in [1.82, 2.24) is 4.90 Å². The van der Waals surface area contributed by atoms with Crippen molar-refractivity contribution in [3.8, 4) is 0 Å². The summed E-state index contributed by atoms with van der Waals surface area (Å²) in [6, 6.07) is 6.59. The van der Waals surface area contributed by atoms with Crippen LogP contribution in [0.5, 0.6) is 0 Å². The number of aryl methyl sites for hydroxylation is 1. The highest BCUT2D eigenvalue weighted by Crippen LogP contribution is 2.36. The van der Waals surface area contributed by atoms with Crippen LogP contribution in [-0.4, -0.2) is 48.1 Å². The van der Waals surface area contributed by atoms with E-state index in [0.717, 1.165) is 76.8 Å². The van der Waals surface area contributed by atoms with Gasteiger partial charge in [-0.1, -0.05) is 12.1 Å². The Morgan fingerprint density at radius 3 is 2.50 bits per heavy atom. The summed E-state index contributed by atoms with van der Waals surface area (Å²) in [6.45, 7) is 3.60. The van der Waals surface area contributed by atoms with Crippen molar-refractivity contribution in [2.45, 2.75) is 44.9 Å². The van der Waals surface area contributed by atoms with E-state index in [1.54, 1.807) is 0 Å². The molecule has 5 heteroatoms. The van der Waals surface area contributed by atoms with Crippen molar-refractivity contribution in [3.05, 3.63) is 29.3 Å². The molecule has 0 unspecified atom stereocenters. The van der Waals surface area contributed by atoms with Gasteiger partial charge in [0.2, 0.25) is 5.91 Å². The van der Waals surface area contributed by atoms with E-state index < -0.39 is 5.97 Å². The van der Waals surface area contributed by atoms with E-state index in [9.17, 15) is 9.59 Å². The number of benzene rings is 1. The predicted octanol–water partition coefficient (Wildman–Crippen LogP) is 2.71. The van der Waals surface area contributed by atoms with Crippen molar-refractivity contribution in [2.24, 2.45) is 11.8 Å². The second-order valence-electron chi connectivity index (χ2n) is 8.03. The van der Waals surface area contributed by atoms with Crippen molar-refractivity contribution < 1.29 is 14.7 Å². The smallest absolute Gasteiger partial charge is 0.306 e. The molecule has 3 aliphatic rings. The molecule has 1 aromatic rings. The number of fused-ring (bicyclic) bond motifs is 1. The number of carbonyl (C=O) groups excluding carboxylic acids is 1. The first-order valence-electron chi connectivity index (χ1n) is 10.00. The van der Waals surface area contributed by atoms with Crippen LogP contribution >= 0.6 is 0 Å². The third-order valence-corrected chi connectivity index (χ3v) is 6.11. The van der Waals surface area contributed by atoms with Crippen LogP contribution < -0.4 is 4.90 Å². The van der Waals surface area contributed by atoms with Gasteiger partial charge in [0, 0.05) is 24.7 Å². The fourth-order valence-electron chi connectivity index (χ4n) is 4.28. The summed E-state index contributed by atoms with van der Waals surface area (Å²) in [4.78, 5) is 27.9. The zero-order chi connectivity index (χ0) is 18.1. The molecule has 0 atom stereocenters. The number of aliphatic carboxylic acids is 1. The molecule has 1 saturated heterocycles.